The molecule has 5 heteroatoms. The first-order chi connectivity index (χ1) is 9.60. The smallest absolute Gasteiger partial charge is 0.146 e. The van der Waals surface area contributed by atoms with Gasteiger partial charge in [0.1, 0.15) is 5.82 Å². The average molecular weight is 300 g/mol. The van der Waals surface area contributed by atoms with Crippen LogP contribution in [0.3, 0.4) is 0 Å². The molecule has 1 aromatic rings. The number of benzene rings is 1. The summed E-state index contributed by atoms with van der Waals surface area (Å²) in [4.78, 5) is 6.75. The molecule has 0 radical (unpaired) electrons. The number of nitrogens with zero attached hydrogens (tertiary/aromatic N) is 3. The Kier molecular flexibility index (Phi) is 5.64. The van der Waals surface area contributed by atoms with Crippen molar-refractivity contribution < 1.29 is 4.39 Å². The van der Waals surface area contributed by atoms with Gasteiger partial charge in [0, 0.05) is 45.1 Å². The van der Waals surface area contributed by atoms with Gasteiger partial charge in [-0.3, -0.25) is 4.90 Å². The number of piperazine rings is 1. The molecule has 0 saturated carbocycles. The number of halogens is 2. The van der Waals surface area contributed by atoms with Crippen LogP contribution in [0.1, 0.15) is 5.56 Å². The van der Waals surface area contributed by atoms with Crippen LogP contribution in [0.2, 0.25) is 0 Å². The minimum absolute atomic E-state index is 0.162. The molecule has 2 rings (SSSR count). The van der Waals surface area contributed by atoms with Crippen LogP contribution in [-0.4, -0.2) is 63.2 Å². The van der Waals surface area contributed by atoms with Gasteiger partial charge in [0.15, 0.2) is 0 Å². The SMILES string of the molecule is CN(C)CCN1CCN(c2ccc(CCl)cc2F)CC1. The van der Waals surface area contributed by atoms with Crippen molar-refractivity contribution >= 4 is 17.3 Å². The van der Waals surface area contributed by atoms with Gasteiger partial charge in [-0.05, 0) is 31.8 Å². The van der Waals surface area contributed by atoms with Gasteiger partial charge in [-0.2, -0.15) is 0 Å². The molecule has 0 unspecified atom stereocenters. The quantitative estimate of drug-likeness (QED) is 0.772. The van der Waals surface area contributed by atoms with Gasteiger partial charge >= 0.3 is 0 Å². The minimum atomic E-state index is -0.162. The lowest BCUT2D eigenvalue weighted by atomic mass is 10.2. The summed E-state index contributed by atoms with van der Waals surface area (Å²) >= 11 is 5.73. The first-order valence-electron chi connectivity index (χ1n) is 7.06. The van der Waals surface area contributed by atoms with E-state index in [4.69, 9.17) is 11.6 Å². The maximum atomic E-state index is 14.1. The Bertz CT molecular complexity index is 431. The highest BCUT2D eigenvalue weighted by molar-refractivity contribution is 6.17. The molecule has 0 amide bonds. The Hall–Kier alpha value is -0.840. The monoisotopic (exact) mass is 299 g/mol. The van der Waals surface area contributed by atoms with E-state index in [0.717, 1.165) is 44.8 Å². The zero-order valence-corrected chi connectivity index (χ0v) is 13.0. The van der Waals surface area contributed by atoms with E-state index in [0.29, 0.717) is 11.6 Å². The van der Waals surface area contributed by atoms with Crippen LogP contribution in [0.25, 0.3) is 0 Å². The number of hydrogen-bond acceptors (Lipinski definition) is 3. The molecule has 1 heterocycles. The van der Waals surface area contributed by atoms with Crippen LogP contribution >= 0.6 is 11.6 Å². The van der Waals surface area contributed by atoms with E-state index in [-0.39, 0.29) is 5.82 Å². The molecule has 0 spiro atoms. The molecule has 112 valence electrons. The lowest BCUT2D eigenvalue weighted by Crippen LogP contribution is -2.48. The predicted molar refractivity (Wildman–Crippen MR) is 83.2 cm³/mol. The molecule has 1 aliphatic heterocycles. The molecule has 0 aliphatic carbocycles. The summed E-state index contributed by atoms with van der Waals surface area (Å²) in [5.74, 6) is 0.195. The number of hydrogen-bond donors (Lipinski definition) is 0. The largest absolute Gasteiger partial charge is 0.367 e. The van der Waals surface area contributed by atoms with Crippen LogP contribution in [0, 0.1) is 5.82 Å². The summed E-state index contributed by atoms with van der Waals surface area (Å²) in [6.07, 6.45) is 0. The summed E-state index contributed by atoms with van der Waals surface area (Å²) in [7, 11) is 4.17. The van der Waals surface area contributed by atoms with E-state index in [9.17, 15) is 4.39 Å². The first kappa shape index (κ1) is 15.5. The molecule has 0 atom stereocenters. The Morgan fingerprint density at radius 1 is 1.20 bits per heavy atom. The van der Waals surface area contributed by atoms with Crippen molar-refractivity contribution in [2.24, 2.45) is 0 Å². The number of alkyl halides is 1. The van der Waals surface area contributed by atoms with Crippen molar-refractivity contribution in [3.63, 3.8) is 0 Å². The van der Waals surface area contributed by atoms with E-state index >= 15 is 0 Å². The van der Waals surface area contributed by atoms with Gasteiger partial charge in [-0.15, -0.1) is 11.6 Å². The van der Waals surface area contributed by atoms with Crippen molar-refractivity contribution in [1.29, 1.82) is 0 Å². The molecule has 1 saturated heterocycles. The van der Waals surface area contributed by atoms with Crippen LogP contribution in [0.4, 0.5) is 10.1 Å². The van der Waals surface area contributed by atoms with E-state index in [1.807, 2.05) is 12.1 Å². The third kappa shape index (κ3) is 4.08. The lowest BCUT2D eigenvalue weighted by molar-refractivity contribution is 0.229. The fraction of sp³-hybridized carbons (Fsp3) is 0.600. The predicted octanol–water partition coefficient (Wildman–Crippen LogP) is 2.25. The van der Waals surface area contributed by atoms with Crippen LogP contribution in [-0.2, 0) is 5.88 Å². The van der Waals surface area contributed by atoms with E-state index in [2.05, 4.69) is 28.8 Å². The highest BCUT2D eigenvalue weighted by Gasteiger charge is 2.19. The number of anilines is 1. The zero-order valence-electron chi connectivity index (χ0n) is 12.3. The van der Waals surface area contributed by atoms with Crippen molar-refractivity contribution in [2.75, 3.05) is 58.3 Å². The van der Waals surface area contributed by atoms with Gasteiger partial charge in [-0.1, -0.05) is 6.07 Å². The molecule has 20 heavy (non-hydrogen) atoms. The van der Waals surface area contributed by atoms with Gasteiger partial charge in [0.05, 0.1) is 5.69 Å². The van der Waals surface area contributed by atoms with Gasteiger partial charge in [0.25, 0.3) is 0 Å². The average Bonchev–Trinajstić information content (AvgIpc) is 2.45. The summed E-state index contributed by atoms with van der Waals surface area (Å²) in [6, 6.07) is 5.30. The van der Waals surface area contributed by atoms with Crippen molar-refractivity contribution in [3.05, 3.63) is 29.6 Å². The van der Waals surface area contributed by atoms with Crippen molar-refractivity contribution in [2.45, 2.75) is 5.88 Å². The highest BCUT2D eigenvalue weighted by atomic mass is 35.5. The van der Waals surface area contributed by atoms with Gasteiger partial charge in [0.2, 0.25) is 0 Å². The lowest BCUT2D eigenvalue weighted by Gasteiger charge is -2.36. The molecule has 1 fully saturated rings. The molecule has 0 N–H and O–H groups in total. The van der Waals surface area contributed by atoms with E-state index in [1.165, 1.54) is 0 Å². The summed E-state index contributed by atoms with van der Waals surface area (Å²) in [5, 5.41) is 0. The topological polar surface area (TPSA) is 9.72 Å². The highest BCUT2D eigenvalue weighted by Crippen LogP contribution is 2.22. The van der Waals surface area contributed by atoms with Gasteiger partial charge in [-0.25, -0.2) is 4.39 Å². The van der Waals surface area contributed by atoms with Gasteiger partial charge < -0.3 is 9.80 Å². The minimum Gasteiger partial charge on any atom is -0.367 e. The third-order valence-electron chi connectivity index (χ3n) is 3.74. The molecule has 1 aliphatic rings. The Labute approximate surface area is 125 Å². The fourth-order valence-electron chi connectivity index (χ4n) is 2.44. The Morgan fingerprint density at radius 3 is 2.45 bits per heavy atom. The Morgan fingerprint density at radius 2 is 1.90 bits per heavy atom. The first-order valence-corrected chi connectivity index (χ1v) is 7.60. The normalized spacial score (nSPS) is 16.9. The second kappa shape index (κ2) is 7.25. The summed E-state index contributed by atoms with van der Waals surface area (Å²) < 4.78 is 14.1. The van der Waals surface area contributed by atoms with Crippen LogP contribution in [0.15, 0.2) is 18.2 Å². The molecule has 0 bridgehead atoms. The number of rotatable bonds is 5. The molecule has 3 nitrogen and oxygen atoms in total. The number of likely N-dealkylation sites (N-methyl/N-ethyl adjacent to an activating group) is 1. The standard InChI is InChI=1S/C15H23ClFN3/c1-18(2)5-6-19-7-9-20(10-8-19)15-4-3-13(12-16)11-14(15)17/h3-4,11H,5-10,12H2,1-2H3. The van der Waals surface area contributed by atoms with E-state index < -0.39 is 0 Å². The van der Waals surface area contributed by atoms with Crippen LogP contribution < -0.4 is 4.90 Å². The molecule has 0 aromatic heterocycles. The fourth-order valence-corrected chi connectivity index (χ4v) is 2.61. The second-order valence-electron chi connectivity index (χ2n) is 5.55. The maximum Gasteiger partial charge on any atom is 0.146 e. The summed E-state index contributed by atoms with van der Waals surface area (Å²) in [5.41, 5.74) is 1.53. The zero-order chi connectivity index (χ0) is 14.5. The maximum absolute atomic E-state index is 14.1. The third-order valence-corrected chi connectivity index (χ3v) is 4.05. The molecular weight excluding hydrogens is 277 g/mol. The second-order valence-corrected chi connectivity index (χ2v) is 5.82. The van der Waals surface area contributed by atoms with Crippen molar-refractivity contribution in [1.82, 2.24) is 9.80 Å². The Balaban J connectivity index is 1.90. The van der Waals surface area contributed by atoms with E-state index in [1.54, 1.807) is 6.07 Å². The molecular formula is C15H23ClFN3. The van der Waals surface area contributed by atoms with Crippen molar-refractivity contribution in [3.8, 4) is 0 Å². The summed E-state index contributed by atoms with van der Waals surface area (Å²) in [6.45, 7) is 5.89. The van der Waals surface area contributed by atoms with Crippen LogP contribution in [0.5, 0.6) is 0 Å². The molecule has 1 aromatic carbocycles.